The van der Waals surface area contributed by atoms with Gasteiger partial charge in [0.05, 0.1) is 5.69 Å². The van der Waals surface area contributed by atoms with Crippen LogP contribution in [0.25, 0.3) is 0 Å². The fraction of sp³-hybridized carbons (Fsp3) is 0.667. The molecule has 6 nitrogen and oxygen atoms in total. The highest BCUT2D eigenvalue weighted by atomic mass is 32.2. The smallest absolute Gasteiger partial charge is 0.252 e. The van der Waals surface area contributed by atoms with Gasteiger partial charge in [-0.3, -0.25) is 0 Å². The van der Waals surface area contributed by atoms with Gasteiger partial charge in [-0.15, -0.1) is 0 Å². The van der Waals surface area contributed by atoms with Gasteiger partial charge in [0.2, 0.25) is 0 Å². The van der Waals surface area contributed by atoms with Crippen LogP contribution >= 0.6 is 11.3 Å². The zero-order valence-corrected chi connectivity index (χ0v) is 11.9. The topological polar surface area (TPSA) is 88.3 Å². The number of nitrogens with zero attached hydrogens (tertiary/aromatic N) is 2. The molecule has 1 aromatic heterocycles. The highest BCUT2D eigenvalue weighted by Crippen LogP contribution is 2.24. The summed E-state index contributed by atoms with van der Waals surface area (Å²) in [5, 5.41) is 0.274. The van der Waals surface area contributed by atoms with E-state index in [9.17, 15) is 8.42 Å². The van der Waals surface area contributed by atoms with Gasteiger partial charge in [0.25, 0.3) is 10.0 Å². The first-order chi connectivity index (χ1) is 7.83. The highest BCUT2D eigenvalue weighted by molar-refractivity contribution is 7.91. The summed E-state index contributed by atoms with van der Waals surface area (Å²) in [7, 11) is 0.433. The lowest BCUT2D eigenvalue weighted by molar-refractivity contribution is 0.400. The van der Waals surface area contributed by atoms with Crippen molar-refractivity contribution in [3.8, 4) is 0 Å². The Balaban J connectivity index is 2.60. The third-order valence-corrected chi connectivity index (χ3v) is 5.15. The summed E-state index contributed by atoms with van der Waals surface area (Å²) in [5.41, 5.74) is 5.93. The zero-order valence-electron chi connectivity index (χ0n) is 10.2. The number of sulfonamides is 1. The van der Waals surface area contributed by atoms with Gasteiger partial charge in [-0.25, -0.2) is 18.1 Å². The Bertz CT molecular complexity index is 467. The number of aromatic nitrogens is 1. The molecule has 0 radical (unpaired) electrons. The normalized spacial score (nSPS) is 12.2. The molecule has 0 spiro atoms. The van der Waals surface area contributed by atoms with Gasteiger partial charge in [-0.2, -0.15) is 0 Å². The Hall–Kier alpha value is -0.700. The maximum atomic E-state index is 11.9. The van der Waals surface area contributed by atoms with Crippen LogP contribution in [-0.4, -0.2) is 45.5 Å². The minimum Gasteiger partial charge on any atom is -0.375 e. The van der Waals surface area contributed by atoms with Gasteiger partial charge in [0, 0.05) is 6.54 Å². The maximum Gasteiger partial charge on any atom is 0.252 e. The van der Waals surface area contributed by atoms with Gasteiger partial charge in [0.1, 0.15) is 0 Å². The van der Waals surface area contributed by atoms with Crippen LogP contribution in [0.2, 0.25) is 0 Å². The molecule has 0 aliphatic carbocycles. The molecule has 98 valence electrons. The molecule has 17 heavy (non-hydrogen) atoms. The number of nitrogen functional groups attached to an aromatic ring is 1. The quantitative estimate of drug-likeness (QED) is 0.729. The summed E-state index contributed by atoms with van der Waals surface area (Å²) >= 11 is 0.991. The number of hydrogen-bond acceptors (Lipinski definition) is 6. The molecule has 0 amide bonds. The molecule has 0 atom stereocenters. The van der Waals surface area contributed by atoms with Crippen molar-refractivity contribution in [3.63, 3.8) is 0 Å². The molecule has 8 heteroatoms. The number of rotatable bonds is 6. The first-order valence-corrected chi connectivity index (χ1v) is 7.50. The third kappa shape index (κ3) is 4.23. The first kappa shape index (κ1) is 14.4. The molecule has 0 unspecified atom stereocenters. The highest BCUT2D eigenvalue weighted by Gasteiger charge is 2.20. The Labute approximate surface area is 106 Å². The Morgan fingerprint density at radius 1 is 1.47 bits per heavy atom. The van der Waals surface area contributed by atoms with Crippen LogP contribution < -0.4 is 10.5 Å². The predicted octanol–water partition coefficient (Wildman–Crippen LogP) is 0.264. The van der Waals surface area contributed by atoms with Crippen LogP contribution in [0.15, 0.2) is 4.21 Å². The van der Waals surface area contributed by atoms with Crippen LogP contribution in [0.1, 0.15) is 12.1 Å². The minimum atomic E-state index is -3.46. The van der Waals surface area contributed by atoms with Crippen molar-refractivity contribution in [3.05, 3.63) is 5.69 Å². The van der Waals surface area contributed by atoms with E-state index < -0.39 is 10.0 Å². The van der Waals surface area contributed by atoms with E-state index in [-0.39, 0.29) is 9.34 Å². The largest absolute Gasteiger partial charge is 0.375 e. The maximum absolute atomic E-state index is 11.9. The summed E-state index contributed by atoms with van der Waals surface area (Å²) in [6, 6.07) is 0. The molecule has 3 N–H and O–H groups in total. The number of aryl methyl sites for hydroxylation is 1. The number of anilines is 1. The van der Waals surface area contributed by atoms with Crippen molar-refractivity contribution in [2.45, 2.75) is 17.6 Å². The molecule has 0 aliphatic heterocycles. The summed E-state index contributed by atoms with van der Waals surface area (Å²) < 4.78 is 26.6. The molecule has 0 bridgehead atoms. The Morgan fingerprint density at radius 2 is 2.12 bits per heavy atom. The standard InChI is InChI=1S/C9H18N4O2S2/c1-7-8(16-9(10)12-7)17(14,15)11-5-4-6-13(2)3/h11H,4-6H2,1-3H3,(H2,10,12). The molecule has 1 heterocycles. The fourth-order valence-electron chi connectivity index (χ4n) is 1.32. The van der Waals surface area contributed by atoms with E-state index in [2.05, 4.69) is 9.71 Å². The SMILES string of the molecule is Cc1nc(N)sc1S(=O)(=O)NCCCN(C)C. The third-order valence-electron chi connectivity index (χ3n) is 2.09. The Morgan fingerprint density at radius 3 is 2.59 bits per heavy atom. The molecule has 0 saturated heterocycles. The van der Waals surface area contributed by atoms with Crippen molar-refractivity contribution in [1.82, 2.24) is 14.6 Å². The van der Waals surface area contributed by atoms with Crippen LogP contribution in [0, 0.1) is 6.92 Å². The van der Waals surface area contributed by atoms with Gasteiger partial charge >= 0.3 is 0 Å². The lowest BCUT2D eigenvalue weighted by atomic mass is 10.4. The Kier molecular flexibility index (Phi) is 4.87. The molecule has 1 rings (SSSR count). The average molecular weight is 278 g/mol. The molecule has 0 fully saturated rings. The van der Waals surface area contributed by atoms with Crippen molar-refractivity contribution in [2.24, 2.45) is 0 Å². The van der Waals surface area contributed by atoms with E-state index in [1.165, 1.54) is 0 Å². The summed E-state index contributed by atoms with van der Waals surface area (Å²) in [4.78, 5) is 5.91. The van der Waals surface area contributed by atoms with E-state index >= 15 is 0 Å². The van der Waals surface area contributed by atoms with Crippen LogP contribution in [0.3, 0.4) is 0 Å². The molecule has 0 aliphatic rings. The van der Waals surface area contributed by atoms with Crippen molar-refractivity contribution >= 4 is 26.5 Å². The second-order valence-electron chi connectivity index (χ2n) is 3.98. The van der Waals surface area contributed by atoms with Crippen LogP contribution in [0.5, 0.6) is 0 Å². The molecule has 0 aromatic carbocycles. The monoisotopic (exact) mass is 278 g/mol. The van der Waals surface area contributed by atoms with Gasteiger partial charge in [0.15, 0.2) is 9.34 Å². The van der Waals surface area contributed by atoms with E-state index in [0.29, 0.717) is 12.2 Å². The van der Waals surface area contributed by atoms with Crippen LogP contribution in [0.4, 0.5) is 5.13 Å². The van der Waals surface area contributed by atoms with E-state index in [1.807, 2.05) is 19.0 Å². The minimum absolute atomic E-state index is 0.208. The van der Waals surface area contributed by atoms with Crippen molar-refractivity contribution in [1.29, 1.82) is 0 Å². The summed E-state index contributed by atoms with van der Waals surface area (Å²) in [6.45, 7) is 2.89. The summed E-state index contributed by atoms with van der Waals surface area (Å²) in [6.07, 6.45) is 0.763. The lowest BCUT2D eigenvalue weighted by Gasteiger charge is -2.09. The molecule has 1 aromatic rings. The second kappa shape index (κ2) is 5.76. The summed E-state index contributed by atoms with van der Waals surface area (Å²) in [5.74, 6) is 0. The van der Waals surface area contributed by atoms with E-state index in [4.69, 9.17) is 5.73 Å². The van der Waals surface area contributed by atoms with Gasteiger partial charge in [-0.05, 0) is 34.0 Å². The van der Waals surface area contributed by atoms with Crippen molar-refractivity contribution in [2.75, 3.05) is 32.9 Å². The number of nitrogens with one attached hydrogen (secondary N) is 1. The molecule has 0 saturated carbocycles. The number of hydrogen-bond donors (Lipinski definition) is 2. The second-order valence-corrected chi connectivity index (χ2v) is 6.97. The van der Waals surface area contributed by atoms with Gasteiger partial charge < -0.3 is 10.6 Å². The van der Waals surface area contributed by atoms with Gasteiger partial charge in [-0.1, -0.05) is 11.3 Å². The zero-order chi connectivity index (χ0) is 13.1. The number of nitrogens with two attached hydrogens (primary N) is 1. The number of thiazole rings is 1. The molecular formula is C9H18N4O2S2. The predicted molar refractivity (Wildman–Crippen MR) is 69.6 cm³/mol. The van der Waals surface area contributed by atoms with Crippen LogP contribution in [-0.2, 0) is 10.0 Å². The van der Waals surface area contributed by atoms with Crippen molar-refractivity contribution < 1.29 is 8.42 Å². The lowest BCUT2D eigenvalue weighted by Crippen LogP contribution is -2.27. The molecular weight excluding hydrogens is 260 g/mol. The van der Waals surface area contributed by atoms with E-state index in [1.54, 1.807) is 6.92 Å². The van der Waals surface area contributed by atoms with E-state index in [0.717, 1.165) is 24.3 Å². The average Bonchev–Trinajstić information content (AvgIpc) is 2.53. The fourth-order valence-corrected chi connectivity index (χ4v) is 3.74. The first-order valence-electron chi connectivity index (χ1n) is 5.20.